The zero-order chi connectivity index (χ0) is 14.4. The number of phenolic OH excluding ortho intramolecular Hbond substituents is 1. The third-order valence-corrected chi connectivity index (χ3v) is 3.25. The van der Waals surface area contributed by atoms with E-state index >= 15 is 0 Å². The number of benzene rings is 1. The van der Waals surface area contributed by atoms with Gasteiger partial charge < -0.3 is 14.9 Å². The van der Waals surface area contributed by atoms with Gasteiger partial charge in [-0.25, -0.2) is 0 Å². The lowest BCUT2D eigenvalue weighted by Crippen LogP contribution is -2.26. The fourth-order valence-corrected chi connectivity index (χ4v) is 2.19. The van der Waals surface area contributed by atoms with Gasteiger partial charge in [0.15, 0.2) is 0 Å². The van der Waals surface area contributed by atoms with Gasteiger partial charge in [-0.3, -0.25) is 4.79 Å². The zero-order valence-electron chi connectivity index (χ0n) is 11.3. The first-order chi connectivity index (χ1) is 8.99. The minimum absolute atomic E-state index is 0.0495. The van der Waals surface area contributed by atoms with Crippen molar-refractivity contribution in [1.29, 1.82) is 0 Å². The molecular weight excluding hydrogens is 244 g/mol. The number of phenols is 1. The first kappa shape index (κ1) is 15.2. The molecule has 0 aliphatic rings. The quantitative estimate of drug-likeness (QED) is 0.794. The molecule has 4 heteroatoms. The Kier molecular flexibility index (Phi) is 5.57. The Balaban J connectivity index is 2.91. The van der Waals surface area contributed by atoms with E-state index in [4.69, 9.17) is 9.84 Å². The van der Waals surface area contributed by atoms with E-state index in [1.165, 1.54) is 7.11 Å². The van der Waals surface area contributed by atoms with E-state index < -0.39 is 12.1 Å². The van der Waals surface area contributed by atoms with Crippen LogP contribution in [0.2, 0.25) is 0 Å². The lowest BCUT2D eigenvalue weighted by atomic mass is 9.86. The second kappa shape index (κ2) is 6.95. The number of hydrogen-bond acceptors (Lipinski definition) is 3. The Hall–Kier alpha value is -1.81. The predicted molar refractivity (Wildman–Crippen MR) is 74.0 cm³/mol. The van der Waals surface area contributed by atoms with Gasteiger partial charge in [-0.2, -0.15) is 0 Å². The predicted octanol–water partition coefficient (Wildman–Crippen LogP) is 2.92. The molecule has 0 fully saturated rings. The van der Waals surface area contributed by atoms with E-state index in [1.807, 2.05) is 6.92 Å². The molecule has 0 aromatic heterocycles. The van der Waals surface area contributed by atoms with Crippen molar-refractivity contribution in [2.24, 2.45) is 5.92 Å². The van der Waals surface area contributed by atoms with Crippen molar-refractivity contribution in [3.63, 3.8) is 0 Å². The summed E-state index contributed by atoms with van der Waals surface area (Å²) in [6, 6.07) is 6.72. The molecule has 1 aromatic carbocycles. The van der Waals surface area contributed by atoms with Crippen LogP contribution >= 0.6 is 0 Å². The van der Waals surface area contributed by atoms with Gasteiger partial charge in [0.2, 0.25) is 0 Å². The van der Waals surface area contributed by atoms with E-state index in [9.17, 15) is 9.90 Å². The molecule has 2 atom stereocenters. The van der Waals surface area contributed by atoms with E-state index in [0.717, 1.165) is 17.6 Å². The second-order valence-electron chi connectivity index (χ2n) is 4.46. The number of aliphatic carboxylic acids is 1. The maximum absolute atomic E-state index is 10.9. The van der Waals surface area contributed by atoms with Crippen LogP contribution in [0.25, 0.3) is 5.57 Å². The fourth-order valence-electron chi connectivity index (χ4n) is 2.19. The van der Waals surface area contributed by atoms with Gasteiger partial charge in [-0.15, -0.1) is 0 Å². The van der Waals surface area contributed by atoms with Gasteiger partial charge in [0, 0.05) is 13.0 Å². The third-order valence-electron chi connectivity index (χ3n) is 3.25. The summed E-state index contributed by atoms with van der Waals surface area (Å²) >= 11 is 0. The van der Waals surface area contributed by atoms with Gasteiger partial charge in [-0.1, -0.05) is 25.6 Å². The lowest BCUT2D eigenvalue weighted by Gasteiger charge is -2.26. The first-order valence-electron chi connectivity index (χ1n) is 6.22. The molecule has 1 aromatic rings. The molecule has 0 saturated heterocycles. The van der Waals surface area contributed by atoms with Crippen LogP contribution in [0.3, 0.4) is 0 Å². The number of methoxy groups -OCH3 is 1. The van der Waals surface area contributed by atoms with Crippen LogP contribution in [-0.2, 0) is 9.53 Å². The molecule has 0 bridgehead atoms. The van der Waals surface area contributed by atoms with Crippen molar-refractivity contribution in [3.8, 4) is 5.75 Å². The Morgan fingerprint density at radius 2 is 1.95 bits per heavy atom. The van der Waals surface area contributed by atoms with Gasteiger partial charge >= 0.3 is 5.97 Å². The van der Waals surface area contributed by atoms with Crippen LogP contribution in [0.15, 0.2) is 30.8 Å². The van der Waals surface area contributed by atoms with E-state index in [-0.39, 0.29) is 18.1 Å². The summed E-state index contributed by atoms with van der Waals surface area (Å²) in [5.74, 6) is -0.757. The average molecular weight is 264 g/mol. The molecule has 2 N–H and O–H groups in total. The normalized spacial score (nSPS) is 13.8. The molecule has 0 radical (unpaired) electrons. The Morgan fingerprint density at radius 3 is 2.37 bits per heavy atom. The molecule has 0 aliphatic carbocycles. The number of carboxylic acid groups (broad SMARTS) is 1. The molecule has 0 amide bonds. The summed E-state index contributed by atoms with van der Waals surface area (Å²) < 4.78 is 5.29. The molecule has 4 nitrogen and oxygen atoms in total. The van der Waals surface area contributed by atoms with Crippen molar-refractivity contribution in [3.05, 3.63) is 36.4 Å². The van der Waals surface area contributed by atoms with Crippen molar-refractivity contribution in [2.75, 3.05) is 7.11 Å². The van der Waals surface area contributed by atoms with Gasteiger partial charge in [0.05, 0.1) is 12.5 Å². The fraction of sp³-hybridized carbons (Fsp3) is 0.400. The standard InChI is InChI=1S/C15H20O4/c1-4-13(14(19-3)9-15(17)18)10(2)11-5-7-12(16)8-6-11/h5-8,13-14,16H,2,4,9H2,1,3H3,(H,17,18). The highest BCUT2D eigenvalue weighted by Gasteiger charge is 2.25. The summed E-state index contributed by atoms with van der Waals surface area (Å²) in [6.07, 6.45) is 0.293. The molecule has 0 spiro atoms. The Morgan fingerprint density at radius 1 is 1.37 bits per heavy atom. The molecule has 104 valence electrons. The molecule has 19 heavy (non-hydrogen) atoms. The summed E-state index contributed by atoms with van der Waals surface area (Å²) in [5, 5.41) is 18.2. The largest absolute Gasteiger partial charge is 0.508 e. The van der Waals surface area contributed by atoms with Crippen LogP contribution < -0.4 is 0 Å². The monoisotopic (exact) mass is 264 g/mol. The number of hydrogen-bond donors (Lipinski definition) is 2. The lowest BCUT2D eigenvalue weighted by molar-refractivity contribution is -0.140. The highest BCUT2D eigenvalue weighted by molar-refractivity contribution is 5.70. The number of ether oxygens (including phenoxy) is 1. The van der Waals surface area contributed by atoms with E-state index in [1.54, 1.807) is 24.3 Å². The SMILES string of the molecule is C=C(c1ccc(O)cc1)C(CC)C(CC(=O)O)OC. The van der Waals surface area contributed by atoms with E-state index in [0.29, 0.717) is 0 Å². The Bertz CT molecular complexity index is 436. The maximum atomic E-state index is 10.9. The molecule has 2 unspecified atom stereocenters. The molecular formula is C15H20O4. The van der Waals surface area contributed by atoms with Crippen LogP contribution in [0.1, 0.15) is 25.3 Å². The first-order valence-corrected chi connectivity index (χ1v) is 6.22. The summed E-state index contributed by atoms with van der Waals surface area (Å²) in [7, 11) is 1.51. The van der Waals surface area contributed by atoms with Gasteiger partial charge in [0.25, 0.3) is 0 Å². The highest BCUT2D eigenvalue weighted by atomic mass is 16.5. The van der Waals surface area contributed by atoms with Crippen molar-refractivity contribution < 1.29 is 19.7 Å². The van der Waals surface area contributed by atoms with Crippen LogP contribution in [0, 0.1) is 5.92 Å². The van der Waals surface area contributed by atoms with Crippen molar-refractivity contribution >= 4 is 11.5 Å². The number of rotatable bonds is 7. The number of carbonyl (C=O) groups is 1. The van der Waals surface area contributed by atoms with Crippen molar-refractivity contribution in [2.45, 2.75) is 25.9 Å². The van der Waals surface area contributed by atoms with Crippen LogP contribution in [-0.4, -0.2) is 29.4 Å². The average Bonchev–Trinajstić information content (AvgIpc) is 2.38. The second-order valence-corrected chi connectivity index (χ2v) is 4.46. The van der Waals surface area contributed by atoms with Gasteiger partial charge in [0.1, 0.15) is 5.75 Å². The highest BCUT2D eigenvalue weighted by Crippen LogP contribution is 2.30. The number of carboxylic acids is 1. The van der Waals surface area contributed by atoms with E-state index in [2.05, 4.69) is 6.58 Å². The summed E-state index contributed by atoms with van der Waals surface area (Å²) in [5.41, 5.74) is 1.72. The smallest absolute Gasteiger partial charge is 0.306 e. The molecule has 0 saturated carbocycles. The topological polar surface area (TPSA) is 66.8 Å². The number of aromatic hydroxyl groups is 1. The van der Waals surface area contributed by atoms with Crippen molar-refractivity contribution in [1.82, 2.24) is 0 Å². The zero-order valence-corrected chi connectivity index (χ0v) is 11.3. The molecule has 0 aliphatic heterocycles. The molecule has 1 rings (SSSR count). The third kappa shape index (κ3) is 4.10. The van der Waals surface area contributed by atoms with Crippen LogP contribution in [0.5, 0.6) is 5.75 Å². The summed E-state index contributed by atoms with van der Waals surface area (Å²) in [6.45, 7) is 6.02. The van der Waals surface area contributed by atoms with Crippen LogP contribution in [0.4, 0.5) is 0 Å². The summed E-state index contributed by atoms with van der Waals surface area (Å²) in [4.78, 5) is 10.9. The maximum Gasteiger partial charge on any atom is 0.306 e. The van der Waals surface area contributed by atoms with Gasteiger partial charge in [-0.05, 0) is 29.7 Å². The molecule has 0 heterocycles. The minimum Gasteiger partial charge on any atom is -0.508 e. The minimum atomic E-state index is -0.885. The Labute approximate surface area is 113 Å².